The van der Waals surface area contributed by atoms with Gasteiger partial charge < -0.3 is 4.90 Å². The molecule has 0 aliphatic heterocycles. The zero-order chi connectivity index (χ0) is 16.6. The van der Waals surface area contributed by atoms with Crippen LogP contribution in [0, 0.1) is 6.92 Å². The lowest BCUT2D eigenvalue weighted by Crippen LogP contribution is -2.26. The first kappa shape index (κ1) is 15.7. The fourth-order valence-corrected chi connectivity index (χ4v) is 3.01. The van der Waals surface area contributed by atoms with E-state index in [9.17, 15) is 4.79 Å². The first-order valence-electron chi connectivity index (χ1n) is 7.25. The van der Waals surface area contributed by atoms with Crippen LogP contribution in [0.5, 0.6) is 0 Å². The number of amides is 1. The van der Waals surface area contributed by atoms with Gasteiger partial charge in [-0.25, -0.2) is 4.98 Å². The zero-order valence-corrected chi connectivity index (χ0v) is 14.8. The maximum Gasteiger partial charge on any atom is 0.255 e. The summed E-state index contributed by atoms with van der Waals surface area (Å²) < 4.78 is 2.72. The first-order chi connectivity index (χ1) is 11.0. The van der Waals surface area contributed by atoms with Crippen LogP contribution in [-0.2, 0) is 13.6 Å². The Morgan fingerprint density at radius 1 is 1.35 bits per heavy atom. The molecule has 0 spiro atoms. The number of pyridine rings is 1. The van der Waals surface area contributed by atoms with Gasteiger partial charge in [0.1, 0.15) is 0 Å². The smallest absolute Gasteiger partial charge is 0.255 e. The molecule has 0 fully saturated rings. The molecule has 6 heteroatoms. The number of halogens is 1. The topological polar surface area (TPSA) is 51.0 Å². The summed E-state index contributed by atoms with van der Waals surface area (Å²) in [6.07, 6.45) is 1.61. The Kier molecular flexibility index (Phi) is 4.17. The minimum absolute atomic E-state index is 0.0570. The Morgan fingerprint density at radius 3 is 2.83 bits per heavy atom. The van der Waals surface area contributed by atoms with E-state index in [0.29, 0.717) is 12.1 Å². The van der Waals surface area contributed by atoms with Gasteiger partial charge >= 0.3 is 0 Å². The molecule has 0 radical (unpaired) electrons. The molecule has 0 unspecified atom stereocenters. The highest BCUT2D eigenvalue weighted by Crippen LogP contribution is 2.20. The molecule has 0 saturated heterocycles. The highest BCUT2D eigenvalue weighted by atomic mass is 79.9. The molecule has 0 bridgehead atoms. The van der Waals surface area contributed by atoms with Crippen molar-refractivity contribution in [2.24, 2.45) is 7.05 Å². The van der Waals surface area contributed by atoms with Crippen LogP contribution in [0.3, 0.4) is 0 Å². The number of carbonyl (C=O) groups excluding carboxylic acids is 1. The Balaban J connectivity index is 1.87. The number of rotatable bonds is 3. The van der Waals surface area contributed by atoms with Crippen molar-refractivity contribution >= 4 is 32.9 Å². The predicted octanol–water partition coefficient (Wildman–Crippen LogP) is 3.31. The number of hydrogen-bond acceptors (Lipinski definition) is 3. The third-order valence-corrected chi connectivity index (χ3v) is 4.60. The van der Waals surface area contributed by atoms with Crippen LogP contribution in [-0.4, -0.2) is 32.6 Å². The van der Waals surface area contributed by atoms with E-state index >= 15 is 0 Å². The number of hydrogen-bond donors (Lipinski definition) is 0. The largest absolute Gasteiger partial charge is 0.337 e. The summed E-state index contributed by atoms with van der Waals surface area (Å²) >= 11 is 3.51. The Bertz CT molecular complexity index is 887. The Morgan fingerprint density at radius 2 is 2.09 bits per heavy atom. The molecule has 23 heavy (non-hydrogen) atoms. The van der Waals surface area contributed by atoms with Crippen LogP contribution in [0.2, 0.25) is 0 Å². The number of benzene rings is 1. The minimum Gasteiger partial charge on any atom is -0.337 e. The van der Waals surface area contributed by atoms with Gasteiger partial charge in [0, 0.05) is 36.7 Å². The van der Waals surface area contributed by atoms with Gasteiger partial charge in [-0.3, -0.25) is 9.48 Å². The number of nitrogens with zero attached hydrogens (tertiary/aromatic N) is 4. The van der Waals surface area contributed by atoms with Crippen molar-refractivity contribution in [1.29, 1.82) is 0 Å². The van der Waals surface area contributed by atoms with Gasteiger partial charge in [0.05, 0.1) is 11.3 Å². The van der Waals surface area contributed by atoms with E-state index in [2.05, 4.69) is 26.0 Å². The van der Waals surface area contributed by atoms with Crippen LogP contribution in [0.1, 0.15) is 21.6 Å². The lowest BCUT2D eigenvalue weighted by Gasteiger charge is -2.18. The maximum atomic E-state index is 12.7. The number of aryl methyl sites for hydroxylation is 2. The summed E-state index contributed by atoms with van der Waals surface area (Å²) in [7, 11) is 3.64. The Labute approximate surface area is 143 Å². The van der Waals surface area contributed by atoms with Crippen LogP contribution in [0.4, 0.5) is 0 Å². The van der Waals surface area contributed by atoms with Gasteiger partial charge in [0.15, 0.2) is 5.65 Å². The third kappa shape index (κ3) is 2.99. The lowest BCUT2D eigenvalue weighted by atomic mass is 10.1. The lowest BCUT2D eigenvalue weighted by molar-refractivity contribution is 0.0784. The number of aromatic nitrogens is 3. The van der Waals surface area contributed by atoms with E-state index in [1.165, 1.54) is 0 Å². The summed E-state index contributed by atoms with van der Waals surface area (Å²) in [6.45, 7) is 2.45. The van der Waals surface area contributed by atoms with Crippen LogP contribution in [0.15, 0.2) is 41.0 Å². The molecule has 0 N–H and O–H groups in total. The van der Waals surface area contributed by atoms with Crippen molar-refractivity contribution in [1.82, 2.24) is 19.7 Å². The molecule has 0 atom stereocenters. The highest BCUT2D eigenvalue weighted by molar-refractivity contribution is 9.10. The summed E-state index contributed by atoms with van der Waals surface area (Å²) in [4.78, 5) is 18.7. The first-order valence-corrected chi connectivity index (χ1v) is 8.05. The highest BCUT2D eigenvalue weighted by Gasteiger charge is 2.16. The summed E-state index contributed by atoms with van der Waals surface area (Å²) in [5, 5.41) is 5.25. The molecular formula is C17H17BrN4O. The second-order valence-electron chi connectivity index (χ2n) is 5.56. The molecule has 1 aromatic carbocycles. The average molecular weight is 373 g/mol. The maximum absolute atomic E-state index is 12.7. The molecular weight excluding hydrogens is 356 g/mol. The van der Waals surface area contributed by atoms with E-state index in [1.54, 1.807) is 22.8 Å². The summed E-state index contributed by atoms with van der Waals surface area (Å²) in [5.74, 6) is -0.0570. The molecule has 2 heterocycles. The molecule has 118 valence electrons. The molecule has 5 nitrogen and oxygen atoms in total. The van der Waals surface area contributed by atoms with Gasteiger partial charge in [-0.05, 0) is 24.6 Å². The molecule has 0 aliphatic carbocycles. The number of fused-ring (bicyclic) bond motifs is 1. The second-order valence-corrected chi connectivity index (χ2v) is 6.41. The average Bonchev–Trinajstić information content (AvgIpc) is 2.83. The van der Waals surface area contributed by atoms with Crippen molar-refractivity contribution in [3.8, 4) is 0 Å². The van der Waals surface area contributed by atoms with E-state index in [0.717, 1.165) is 26.8 Å². The molecule has 1 amide bonds. The Hall–Kier alpha value is -2.21. The van der Waals surface area contributed by atoms with E-state index in [4.69, 9.17) is 0 Å². The molecule has 3 aromatic rings. The van der Waals surface area contributed by atoms with Gasteiger partial charge in [-0.1, -0.05) is 34.1 Å². The standard InChI is InChI=1S/C17H17BrN4O/c1-11-14-8-13(9-19-16(14)22(3)20-11)17(23)21(2)10-12-6-4-5-7-15(12)18/h4-9H,10H2,1-3H3. The fourth-order valence-electron chi connectivity index (χ4n) is 2.60. The van der Waals surface area contributed by atoms with Crippen molar-refractivity contribution < 1.29 is 4.79 Å². The molecule has 2 aromatic heterocycles. The van der Waals surface area contributed by atoms with E-state index in [1.807, 2.05) is 44.3 Å². The minimum atomic E-state index is -0.0570. The van der Waals surface area contributed by atoms with Crippen molar-refractivity contribution in [2.75, 3.05) is 7.05 Å². The third-order valence-electron chi connectivity index (χ3n) is 3.82. The van der Waals surface area contributed by atoms with Crippen molar-refractivity contribution in [3.63, 3.8) is 0 Å². The van der Waals surface area contributed by atoms with Crippen molar-refractivity contribution in [3.05, 3.63) is 57.8 Å². The quantitative estimate of drug-likeness (QED) is 0.708. The predicted molar refractivity (Wildman–Crippen MR) is 93.2 cm³/mol. The molecule has 0 saturated carbocycles. The van der Waals surface area contributed by atoms with Gasteiger partial charge in [-0.15, -0.1) is 0 Å². The summed E-state index contributed by atoms with van der Waals surface area (Å²) in [6, 6.07) is 9.76. The second kappa shape index (κ2) is 6.12. The van der Waals surface area contributed by atoms with Gasteiger partial charge in [0.2, 0.25) is 0 Å². The van der Waals surface area contributed by atoms with Crippen LogP contribution < -0.4 is 0 Å². The summed E-state index contributed by atoms with van der Waals surface area (Å²) in [5.41, 5.74) is 3.30. The van der Waals surface area contributed by atoms with Gasteiger partial charge in [0.25, 0.3) is 5.91 Å². The monoisotopic (exact) mass is 372 g/mol. The zero-order valence-electron chi connectivity index (χ0n) is 13.2. The van der Waals surface area contributed by atoms with Crippen LogP contribution in [0.25, 0.3) is 11.0 Å². The fraction of sp³-hybridized carbons (Fsp3) is 0.235. The number of carbonyl (C=O) groups is 1. The molecule has 0 aliphatic rings. The van der Waals surface area contributed by atoms with Gasteiger partial charge in [-0.2, -0.15) is 5.10 Å². The SMILES string of the molecule is Cc1nn(C)c2ncc(C(=O)N(C)Cc3ccccc3Br)cc12. The molecule has 3 rings (SSSR count). The van der Waals surface area contributed by atoms with Crippen molar-refractivity contribution in [2.45, 2.75) is 13.5 Å². The van der Waals surface area contributed by atoms with E-state index < -0.39 is 0 Å². The normalized spacial score (nSPS) is 11.0. The van der Waals surface area contributed by atoms with E-state index in [-0.39, 0.29) is 5.91 Å². The van der Waals surface area contributed by atoms with Crippen LogP contribution >= 0.6 is 15.9 Å².